The first-order valence-electron chi connectivity index (χ1n) is 5.67. The number of carbonyl (C=O) groups is 1. The number of allylic oxidation sites excluding steroid dienone is 1. The first kappa shape index (κ1) is 12.4. The molecule has 1 aliphatic rings. The molecule has 1 saturated heterocycles. The largest absolute Gasteiger partial charge is 0.303 e. The van der Waals surface area contributed by atoms with Gasteiger partial charge in [0.05, 0.1) is 6.04 Å². The van der Waals surface area contributed by atoms with Crippen LogP contribution in [0.5, 0.6) is 0 Å². The Morgan fingerprint density at radius 2 is 2.20 bits per heavy atom. The van der Waals surface area contributed by atoms with Gasteiger partial charge in [0.15, 0.2) is 5.78 Å². The molecule has 3 heteroatoms. The van der Waals surface area contributed by atoms with Gasteiger partial charge in [-0.2, -0.15) is 0 Å². The van der Waals surface area contributed by atoms with Gasteiger partial charge >= 0.3 is 0 Å². The fraction of sp³-hybridized carbons (Fsp3) is 0.750. The van der Waals surface area contributed by atoms with Crippen molar-refractivity contribution in [2.75, 3.05) is 33.7 Å². The average Bonchev–Trinajstić information content (AvgIpc) is 2.22. The molecular formula is C12H22N2O. The molecule has 0 radical (unpaired) electrons. The molecule has 0 amide bonds. The van der Waals surface area contributed by atoms with Crippen LogP contribution in [-0.4, -0.2) is 55.4 Å². The molecule has 15 heavy (non-hydrogen) atoms. The zero-order valence-electron chi connectivity index (χ0n) is 9.91. The second-order valence-electron chi connectivity index (χ2n) is 4.41. The standard InChI is InChI=1S/C12H22N2O/c1-4-5-6-7-12(15)11-10-13(2)8-9-14(11)3/h4,11H,1,5-10H2,2-3H3. The van der Waals surface area contributed by atoms with Crippen molar-refractivity contribution in [1.29, 1.82) is 0 Å². The van der Waals surface area contributed by atoms with Crippen molar-refractivity contribution >= 4 is 5.78 Å². The van der Waals surface area contributed by atoms with Crippen molar-refractivity contribution in [2.24, 2.45) is 0 Å². The van der Waals surface area contributed by atoms with E-state index in [0.29, 0.717) is 12.2 Å². The van der Waals surface area contributed by atoms with Crippen molar-refractivity contribution in [3.8, 4) is 0 Å². The Balaban J connectivity index is 2.38. The molecule has 1 unspecified atom stereocenters. The van der Waals surface area contributed by atoms with Gasteiger partial charge in [0.25, 0.3) is 0 Å². The Kier molecular flexibility index (Phi) is 4.99. The molecule has 1 atom stereocenters. The summed E-state index contributed by atoms with van der Waals surface area (Å²) in [6.07, 6.45) is 4.45. The number of piperazine rings is 1. The van der Waals surface area contributed by atoms with Crippen molar-refractivity contribution < 1.29 is 4.79 Å². The third-order valence-electron chi connectivity index (χ3n) is 3.05. The molecular weight excluding hydrogens is 188 g/mol. The maximum absolute atomic E-state index is 11.9. The van der Waals surface area contributed by atoms with Gasteiger partial charge in [-0.25, -0.2) is 0 Å². The van der Waals surface area contributed by atoms with Gasteiger partial charge in [0, 0.05) is 26.1 Å². The number of hydrogen-bond acceptors (Lipinski definition) is 3. The highest BCUT2D eigenvalue weighted by Crippen LogP contribution is 2.10. The summed E-state index contributed by atoms with van der Waals surface area (Å²) in [5, 5.41) is 0. The van der Waals surface area contributed by atoms with E-state index in [1.807, 2.05) is 13.1 Å². The summed E-state index contributed by atoms with van der Waals surface area (Å²) in [5.41, 5.74) is 0. The zero-order valence-corrected chi connectivity index (χ0v) is 9.91. The molecule has 1 heterocycles. The summed E-state index contributed by atoms with van der Waals surface area (Å²) in [5.74, 6) is 0.380. The van der Waals surface area contributed by atoms with E-state index in [4.69, 9.17) is 0 Å². The van der Waals surface area contributed by atoms with Crippen LogP contribution in [0.15, 0.2) is 12.7 Å². The van der Waals surface area contributed by atoms with E-state index < -0.39 is 0 Å². The highest BCUT2D eigenvalue weighted by Gasteiger charge is 2.27. The average molecular weight is 210 g/mol. The summed E-state index contributed by atoms with van der Waals surface area (Å²) in [7, 11) is 4.13. The van der Waals surface area contributed by atoms with Crippen LogP contribution < -0.4 is 0 Å². The van der Waals surface area contributed by atoms with E-state index >= 15 is 0 Å². The molecule has 3 nitrogen and oxygen atoms in total. The minimum absolute atomic E-state index is 0.105. The fourth-order valence-corrected chi connectivity index (χ4v) is 1.95. The summed E-state index contributed by atoms with van der Waals surface area (Å²) < 4.78 is 0. The molecule has 0 aromatic heterocycles. The lowest BCUT2D eigenvalue weighted by molar-refractivity contribution is -0.125. The van der Waals surface area contributed by atoms with Crippen LogP contribution in [0.1, 0.15) is 19.3 Å². The molecule has 1 rings (SSSR count). The summed E-state index contributed by atoms with van der Waals surface area (Å²) in [6.45, 7) is 6.60. The van der Waals surface area contributed by atoms with Crippen LogP contribution in [0.25, 0.3) is 0 Å². The van der Waals surface area contributed by atoms with Crippen molar-refractivity contribution in [3.05, 3.63) is 12.7 Å². The van der Waals surface area contributed by atoms with Gasteiger partial charge in [-0.05, 0) is 26.9 Å². The van der Waals surface area contributed by atoms with Gasteiger partial charge in [0.2, 0.25) is 0 Å². The summed E-state index contributed by atoms with van der Waals surface area (Å²) >= 11 is 0. The van der Waals surface area contributed by atoms with E-state index in [1.54, 1.807) is 0 Å². The molecule has 0 N–H and O–H groups in total. The highest BCUT2D eigenvalue weighted by molar-refractivity contribution is 5.84. The number of Topliss-reactive ketones (excluding diaryl/α,β-unsaturated/α-hetero) is 1. The molecule has 0 aliphatic carbocycles. The molecule has 0 aromatic carbocycles. The van der Waals surface area contributed by atoms with E-state index in [0.717, 1.165) is 32.5 Å². The second kappa shape index (κ2) is 6.03. The lowest BCUT2D eigenvalue weighted by Gasteiger charge is -2.36. The molecule has 0 bridgehead atoms. The highest BCUT2D eigenvalue weighted by atomic mass is 16.1. The van der Waals surface area contributed by atoms with E-state index in [1.165, 1.54) is 0 Å². The smallest absolute Gasteiger partial charge is 0.151 e. The van der Waals surface area contributed by atoms with Crippen LogP contribution in [0.2, 0.25) is 0 Å². The Morgan fingerprint density at radius 3 is 2.87 bits per heavy atom. The molecule has 0 aromatic rings. The van der Waals surface area contributed by atoms with Crippen molar-refractivity contribution in [2.45, 2.75) is 25.3 Å². The number of nitrogens with zero attached hydrogens (tertiary/aromatic N) is 2. The number of rotatable bonds is 5. The minimum Gasteiger partial charge on any atom is -0.303 e. The third-order valence-corrected chi connectivity index (χ3v) is 3.05. The van der Waals surface area contributed by atoms with Crippen LogP contribution >= 0.6 is 0 Å². The molecule has 1 aliphatic heterocycles. The number of carbonyl (C=O) groups excluding carboxylic acids is 1. The lowest BCUT2D eigenvalue weighted by Crippen LogP contribution is -2.53. The molecule has 86 valence electrons. The maximum Gasteiger partial charge on any atom is 0.151 e. The topological polar surface area (TPSA) is 23.6 Å². The van der Waals surface area contributed by atoms with Gasteiger partial charge in [-0.3, -0.25) is 9.69 Å². The number of ketones is 1. The Hall–Kier alpha value is -0.670. The van der Waals surface area contributed by atoms with Gasteiger partial charge in [0.1, 0.15) is 0 Å². The second-order valence-corrected chi connectivity index (χ2v) is 4.41. The molecule has 1 fully saturated rings. The number of likely N-dealkylation sites (N-methyl/N-ethyl adjacent to an activating group) is 2. The predicted octanol–water partition coefficient (Wildman–Crippen LogP) is 1.16. The quantitative estimate of drug-likeness (QED) is 0.502. The fourth-order valence-electron chi connectivity index (χ4n) is 1.95. The first-order chi connectivity index (χ1) is 7.15. The Morgan fingerprint density at radius 1 is 1.47 bits per heavy atom. The SMILES string of the molecule is C=CCCCC(=O)C1CN(C)CCN1C. The number of unbranched alkanes of at least 4 members (excludes halogenated alkanes) is 1. The molecule has 0 spiro atoms. The van der Waals surface area contributed by atoms with E-state index in [-0.39, 0.29) is 6.04 Å². The predicted molar refractivity (Wildman–Crippen MR) is 63.0 cm³/mol. The Labute approximate surface area is 92.7 Å². The van der Waals surface area contributed by atoms with Crippen LogP contribution in [0, 0.1) is 0 Å². The first-order valence-corrected chi connectivity index (χ1v) is 5.67. The van der Waals surface area contributed by atoms with Gasteiger partial charge in [-0.15, -0.1) is 6.58 Å². The zero-order chi connectivity index (χ0) is 11.3. The van der Waals surface area contributed by atoms with Gasteiger partial charge < -0.3 is 4.90 Å². The summed E-state index contributed by atoms with van der Waals surface area (Å²) in [4.78, 5) is 16.3. The van der Waals surface area contributed by atoms with E-state index in [2.05, 4.69) is 23.4 Å². The molecule has 0 saturated carbocycles. The third kappa shape index (κ3) is 3.76. The van der Waals surface area contributed by atoms with Crippen molar-refractivity contribution in [1.82, 2.24) is 9.80 Å². The summed E-state index contributed by atoms with van der Waals surface area (Å²) in [6, 6.07) is 0.105. The monoisotopic (exact) mass is 210 g/mol. The normalized spacial score (nSPS) is 24.0. The maximum atomic E-state index is 11.9. The van der Waals surface area contributed by atoms with Crippen molar-refractivity contribution in [3.63, 3.8) is 0 Å². The van der Waals surface area contributed by atoms with Crippen LogP contribution in [-0.2, 0) is 4.79 Å². The lowest BCUT2D eigenvalue weighted by atomic mass is 10.0. The van der Waals surface area contributed by atoms with Crippen LogP contribution in [0.3, 0.4) is 0 Å². The van der Waals surface area contributed by atoms with Gasteiger partial charge in [-0.1, -0.05) is 6.08 Å². The van der Waals surface area contributed by atoms with Crippen LogP contribution in [0.4, 0.5) is 0 Å². The van der Waals surface area contributed by atoms with E-state index in [9.17, 15) is 4.79 Å². The minimum atomic E-state index is 0.105. The number of hydrogen-bond donors (Lipinski definition) is 0. The Bertz CT molecular complexity index is 228.